The number of hydrogen-bond donors (Lipinski definition) is 1. The number of unbranched alkanes of at least 4 members (excludes halogenated alkanes) is 2. The first kappa shape index (κ1) is 15.2. The molecule has 1 heteroatoms. The Kier molecular flexibility index (Phi) is 7.75. The van der Waals surface area contributed by atoms with E-state index in [1.165, 1.54) is 49.7 Å². The van der Waals surface area contributed by atoms with Gasteiger partial charge in [0.15, 0.2) is 0 Å². The summed E-state index contributed by atoms with van der Waals surface area (Å²) in [5.74, 6) is 0. The largest absolute Gasteiger partial charge is 0.310 e. The second-order valence-corrected chi connectivity index (χ2v) is 5.10. The van der Waals surface area contributed by atoms with Crippen molar-refractivity contribution in [1.82, 2.24) is 5.32 Å². The topological polar surface area (TPSA) is 12.0 Å². The second-order valence-electron chi connectivity index (χ2n) is 5.10. The lowest BCUT2D eigenvalue weighted by molar-refractivity contribution is 0.494. The molecule has 0 aromatic heterocycles. The van der Waals surface area contributed by atoms with Crippen molar-refractivity contribution in [2.24, 2.45) is 0 Å². The molecule has 1 nitrogen and oxygen atoms in total. The molecule has 1 N–H and O–H groups in total. The molecule has 0 heterocycles. The summed E-state index contributed by atoms with van der Waals surface area (Å²) in [6, 6.07) is 9.78. The molecule has 102 valence electrons. The normalized spacial score (nSPS) is 12.6. The average Bonchev–Trinajstić information content (AvgIpc) is 2.42. The van der Waals surface area contributed by atoms with E-state index < -0.39 is 0 Å². The van der Waals surface area contributed by atoms with Crippen molar-refractivity contribution in [1.29, 1.82) is 0 Å². The van der Waals surface area contributed by atoms with Crippen molar-refractivity contribution in [3.8, 4) is 0 Å². The summed E-state index contributed by atoms with van der Waals surface area (Å²) in [4.78, 5) is 0. The standard InChI is InChI=1S/C17H29N/c1-4-7-9-15-11-13-16(14-12-15)17(18-6-3)10-8-5-2/h11-14,17-18H,4-10H2,1-3H3. The Morgan fingerprint density at radius 2 is 1.61 bits per heavy atom. The number of nitrogens with one attached hydrogen (secondary N) is 1. The van der Waals surface area contributed by atoms with Gasteiger partial charge in [-0.2, -0.15) is 0 Å². The third-order valence-electron chi connectivity index (χ3n) is 3.50. The highest BCUT2D eigenvalue weighted by Gasteiger charge is 2.09. The first-order chi connectivity index (χ1) is 8.81. The SMILES string of the molecule is CCCCc1ccc(C(CCCC)NCC)cc1. The summed E-state index contributed by atoms with van der Waals surface area (Å²) in [5, 5.41) is 3.60. The van der Waals surface area contributed by atoms with Crippen molar-refractivity contribution < 1.29 is 0 Å². The van der Waals surface area contributed by atoms with Gasteiger partial charge in [-0.05, 0) is 36.9 Å². The van der Waals surface area contributed by atoms with Gasteiger partial charge in [0, 0.05) is 6.04 Å². The highest BCUT2D eigenvalue weighted by Crippen LogP contribution is 2.20. The summed E-state index contributed by atoms with van der Waals surface area (Å²) < 4.78 is 0. The van der Waals surface area contributed by atoms with Crippen LogP contribution in [0.25, 0.3) is 0 Å². The van der Waals surface area contributed by atoms with E-state index in [1.54, 1.807) is 0 Å². The lowest BCUT2D eigenvalue weighted by Gasteiger charge is -2.18. The van der Waals surface area contributed by atoms with Crippen LogP contribution in [0.2, 0.25) is 0 Å². The van der Waals surface area contributed by atoms with E-state index in [9.17, 15) is 0 Å². The highest BCUT2D eigenvalue weighted by atomic mass is 14.9. The number of rotatable bonds is 9. The van der Waals surface area contributed by atoms with Gasteiger partial charge in [0.1, 0.15) is 0 Å². The molecule has 1 aromatic rings. The first-order valence-electron chi connectivity index (χ1n) is 7.64. The fourth-order valence-corrected chi connectivity index (χ4v) is 2.34. The van der Waals surface area contributed by atoms with Crippen LogP contribution < -0.4 is 5.32 Å². The van der Waals surface area contributed by atoms with Crippen LogP contribution in [0.3, 0.4) is 0 Å². The Balaban J connectivity index is 2.61. The predicted molar refractivity (Wildman–Crippen MR) is 81.0 cm³/mol. The summed E-state index contributed by atoms with van der Waals surface area (Å²) in [6.45, 7) is 7.75. The van der Waals surface area contributed by atoms with Crippen LogP contribution in [-0.4, -0.2) is 6.54 Å². The Labute approximate surface area is 113 Å². The van der Waals surface area contributed by atoms with Crippen LogP contribution >= 0.6 is 0 Å². The minimum Gasteiger partial charge on any atom is -0.310 e. The molecule has 0 bridgehead atoms. The van der Waals surface area contributed by atoms with Gasteiger partial charge in [0.05, 0.1) is 0 Å². The van der Waals surface area contributed by atoms with Crippen LogP contribution in [-0.2, 0) is 6.42 Å². The maximum atomic E-state index is 3.60. The van der Waals surface area contributed by atoms with Crippen LogP contribution in [0.1, 0.15) is 70.0 Å². The molecule has 1 rings (SSSR count). The van der Waals surface area contributed by atoms with E-state index in [-0.39, 0.29) is 0 Å². The molecule has 0 fully saturated rings. The van der Waals surface area contributed by atoms with Crippen LogP contribution in [0.4, 0.5) is 0 Å². The molecule has 0 saturated carbocycles. The van der Waals surface area contributed by atoms with Crippen LogP contribution in [0, 0.1) is 0 Å². The average molecular weight is 247 g/mol. The molecule has 18 heavy (non-hydrogen) atoms. The zero-order chi connectivity index (χ0) is 13.2. The zero-order valence-electron chi connectivity index (χ0n) is 12.3. The summed E-state index contributed by atoms with van der Waals surface area (Å²) in [5.41, 5.74) is 2.93. The van der Waals surface area contributed by atoms with Gasteiger partial charge in [0.25, 0.3) is 0 Å². The molecule has 0 spiro atoms. The van der Waals surface area contributed by atoms with E-state index in [4.69, 9.17) is 0 Å². The van der Waals surface area contributed by atoms with E-state index in [0.29, 0.717) is 6.04 Å². The number of benzene rings is 1. The van der Waals surface area contributed by atoms with Gasteiger partial charge >= 0.3 is 0 Å². The summed E-state index contributed by atoms with van der Waals surface area (Å²) >= 11 is 0. The predicted octanol–water partition coefficient (Wildman–Crippen LogP) is 4.87. The maximum absolute atomic E-state index is 3.60. The fourth-order valence-electron chi connectivity index (χ4n) is 2.34. The smallest absolute Gasteiger partial charge is 0.0320 e. The lowest BCUT2D eigenvalue weighted by atomic mass is 9.98. The molecule has 0 saturated heterocycles. The van der Waals surface area contributed by atoms with E-state index in [1.807, 2.05) is 0 Å². The van der Waals surface area contributed by atoms with Crippen molar-refractivity contribution in [3.05, 3.63) is 35.4 Å². The van der Waals surface area contributed by atoms with Gasteiger partial charge in [-0.15, -0.1) is 0 Å². The molecule has 1 atom stereocenters. The third kappa shape index (κ3) is 5.22. The molecule has 0 aliphatic heterocycles. The molecular weight excluding hydrogens is 218 g/mol. The third-order valence-corrected chi connectivity index (χ3v) is 3.50. The minimum absolute atomic E-state index is 0.537. The second kappa shape index (κ2) is 9.16. The van der Waals surface area contributed by atoms with Crippen molar-refractivity contribution >= 4 is 0 Å². The Hall–Kier alpha value is -0.820. The van der Waals surface area contributed by atoms with Gasteiger partial charge < -0.3 is 5.32 Å². The zero-order valence-corrected chi connectivity index (χ0v) is 12.3. The maximum Gasteiger partial charge on any atom is 0.0320 e. The highest BCUT2D eigenvalue weighted by molar-refractivity contribution is 5.25. The lowest BCUT2D eigenvalue weighted by Crippen LogP contribution is -2.20. The van der Waals surface area contributed by atoms with Crippen LogP contribution in [0.5, 0.6) is 0 Å². The molecule has 0 aliphatic rings. The fraction of sp³-hybridized carbons (Fsp3) is 0.647. The molecule has 0 aliphatic carbocycles. The van der Waals surface area contributed by atoms with Gasteiger partial charge in [-0.1, -0.05) is 64.3 Å². The van der Waals surface area contributed by atoms with Crippen molar-refractivity contribution in [2.75, 3.05) is 6.54 Å². The molecule has 0 amide bonds. The molecule has 1 unspecified atom stereocenters. The van der Waals surface area contributed by atoms with E-state index >= 15 is 0 Å². The minimum atomic E-state index is 0.537. The van der Waals surface area contributed by atoms with Gasteiger partial charge in [-0.25, -0.2) is 0 Å². The monoisotopic (exact) mass is 247 g/mol. The van der Waals surface area contributed by atoms with Crippen LogP contribution in [0.15, 0.2) is 24.3 Å². The van der Waals surface area contributed by atoms with E-state index in [0.717, 1.165) is 6.54 Å². The molecule has 1 aromatic carbocycles. The number of hydrogen-bond acceptors (Lipinski definition) is 1. The summed E-state index contributed by atoms with van der Waals surface area (Å²) in [7, 11) is 0. The molecular formula is C17H29N. The summed E-state index contributed by atoms with van der Waals surface area (Å²) in [6.07, 6.45) is 7.62. The Morgan fingerprint density at radius 1 is 0.944 bits per heavy atom. The quantitative estimate of drug-likeness (QED) is 0.656. The first-order valence-corrected chi connectivity index (χ1v) is 7.64. The Morgan fingerprint density at radius 3 is 2.17 bits per heavy atom. The Bertz CT molecular complexity index is 302. The van der Waals surface area contributed by atoms with Gasteiger partial charge in [0.2, 0.25) is 0 Å². The van der Waals surface area contributed by atoms with E-state index in [2.05, 4.69) is 50.4 Å². The number of aryl methyl sites for hydroxylation is 1. The molecule has 0 radical (unpaired) electrons. The van der Waals surface area contributed by atoms with Crippen molar-refractivity contribution in [3.63, 3.8) is 0 Å². The van der Waals surface area contributed by atoms with Gasteiger partial charge in [-0.3, -0.25) is 0 Å². The van der Waals surface area contributed by atoms with Crippen molar-refractivity contribution in [2.45, 2.75) is 65.3 Å².